The van der Waals surface area contributed by atoms with Crippen LogP contribution in [0.1, 0.15) is 48.1 Å². The van der Waals surface area contributed by atoms with Gasteiger partial charge >= 0.3 is 5.97 Å². The van der Waals surface area contributed by atoms with E-state index < -0.39 is 5.97 Å². The molecule has 1 amide bonds. The van der Waals surface area contributed by atoms with Crippen LogP contribution in [0.5, 0.6) is 0 Å². The van der Waals surface area contributed by atoms with E-state index in [9.17, 15) is 9.59 Å². The molecule has 144 valence electrons. The van der Waals surface area contributed by atoms with E-state index in [0.717, 1.165) is 17.0 Å². The van der Waals surface area contributed by atoms with E-state index in [-0.39, 0.29) is 18.1 Å². The van der Waals surface area contributed by atoms with E-state index in [1.807, 2.05) is 18.7 Å². The first-order valence-electron chi connectivity index (χ1n) is 8.98. The largest absolute Gasteiger partial charge is 0.462 e. The Morgan fingerprint density at radius 2 is 2.22 bits per heavy atom. The lowest BCUT2D eigenvalue weighted by Crippen LogP contribution is -2.36. The number of esters is 1. The van der Waals surface area contributed by atoms with Crippen LogP contribution in [-0.4, -0.2) is 44.9 Å². The van der Waals surface area contributed by atoms with Gasteiger partial charge in [-0.3, -0.25) is 4.79 Å². The van der Waals surface area contributed by atoms with Gasteiger partial charge in [-0.1, -0.05) is 25.2 Å². The Bertz CT molecular complexity index is 836. The van der Waals surface area contributed by atoms with Gasteiger partial charge in [0.2, 0.25) is 5.91 Å². The molecule has 0 spiro atoms. The normalized spacial score (nSPS) is 13.4. The highest BCUT2D eigenvalue weighted by Gasteiger charge is 2.25. The summed E-state index contributed by atoms with van der Waals surface area (Å²) in [5, 5.41) is 3.74. The number of carbonyl (C=O) groups is 2. The van der Waals surface area contributed by atoms with Gasteiger partial charge in [0.05, 0.1) is 18.8 Å². The number of hydrogen-bond donors (Lipinski definition) is 1. The minimum Gasteiger partial charge on any atom is -0.462 e. The molecule has 3 rings (SSSR count). The second-order valence-electron chi connectivity index (χ2n) is 6.68. The number of hydrogen-bond acceptors (Lipinski definition) is 8. The lowest BCUT2D eigenvalue weighted by molar-refractivity contribution is -0.132. The zero-order valence-corrected chi connectivity index (χ0v) is 16.5. The summed E-state index contributed by atoms with van der Waals surface area (Å²) in [5.41, 5.74) is 1.25. The molecule has 8 nitrogen and oxygen atoms in total. The average Bonchev–Trinajstić information content (AvgIpc) is 3.03. The highest BCUT2D eigenvalue weighted by atomic mass is 32.1. The molecule has 9 heteroatoms. The first kappa shape index (κ1) is 19.2. The molecule has 3 heterocycles. The van der Waals surface area contributed by atoms with Gasteiger partial charge in [0, 0.05) is 30.5 Å². The van der Waals surface area contributed by atoms with Gasteiger partial charge in [-0.25, -0.2) is 19.7 Å². The lowest BCUT2D eigenvalue weighted by Gasteiger charge is -2.26. The fraction of sp³-hybridized carbons (Fsp3) is 0.500. The molecule has 1 aliphatic rings. The summed E-state index contributed by atoms with van der Waals surface area (Å²) in [4.78, 5) is 40.0. The van der Waals surface area contributed by atoms with Crippen LogP contribution < -0.4 is 5.32 Å². The number of fused-ring (bicyclic) bond motifs is 1. The summed E-state index contributed by atoms with van der Waals surface area (Å²) in [5.74, 6) is 0.408. The van der Waals surface area contributed by atoms with Crippen molar-refractivity contribution in [2.45, 2.75) is 40.2 Å². The zero-order valence-electron chi connectivity index (χ0n) is 15.7. The Morgan fingerprint density at radius 1 is 1.41 bits per heavy atom. The van der Waals surface area contributed by atoms with Crippen molar-refractivity contribution in [2.75, 3.05) is 18.5 Å². The van der Waals surface area contributed by atoms with Crippen LogP contribution in [0.4, 0.5) is 10.9 Å². The maximum absolute atomic E-state index is 12.3. The fourth-order valence-corrected chi connectivity index (χ4v) is 3.85. The van der Waals surface area contributed by atoms with Crippen LogP contribution in [0.15, 0.2) is 12.5 Å². The molecular weight excluding hydrogens is 366 g/mol. The smallest absolute Gasteiger partial charge is 0.343 e. The molecule has 0 fully saturated rings. The number of thiazole rings is 1. The fourth-order valence-electron chi connectivity index (χ4n) is 2.83. The standard InChI is InChI=1S/C18H23N5O3S/c1-4-26-17(25)12-8-19-10-20-16(12)22-18-21-13-5-6-23(9-14(13)27-18)15(24)7-11(2)3/h8,10-11H,4-7,9H2,1-3H3,(H,19,20,21,22). The minimum absolute atomic E-state index is 0.180. The summed E-state index contributed by atoms with van der Waals surface area (Å²) in [6, 6.07) is 0. The van der Waals surface area contributed by atoms with Gasteiger partial charge in [-0.2, -0.15) is 0 Å². The van der Waals surface area contributed by atoms with E-state index in [4.69, 9.17) is 4.74 Å². The zero-order chi connectivity index (χ0) is 19.4. The Morgan fingerprint density at radius 3 is 2.96 bits per heavy atom. The molecule has 27 heavy (non-hydrogen) atoms. The summed E-state index contributed by atoms with van der Waals surface area (Å²) in [6.07, 6.45) is 4.08. The van der Waals surface area contributed by atoms with Crippen LogP contribution in [0.3, 0.4) is 0 Å². The maximum Gasteiger partial charge on any atom is 0.343 e. The molecule has 0 saturated carbocycles. The molecule has 0 bridgehead atoms. The van der Waals surface area contributed by atoms with Gasteiger partial charge in [-0.05, 0) is 12.8 Å². The second kappa shape index (κ2) is 8.43. The molecule has 2 aromatic heterocycles. The second-order valence-corrected chi connectivity index (χ2v) is 7.77. The number of amides is 1. The van der Waals surface area contributed by atoms with Crippen LogP contribution in [0.25, 0.3) is 0 Å². The van der Waals surface area contributed by atoms with Crippen molar-refractivity contribution >= 4 is 34.2 Å². The number of rotatable bonds is 6. The number of ether oxygens (including phenoxy) is 1. The summed E-state index contributed by atoms with van der Waals surface area (Å²) in [7, 11) is 0. The molecule has 0 aliphatic carbocycles. The van der Waals surface area contributed by atoms with Crippen LogP contribution in [-0.2, 0) is 22.5 Å². The van der Waals surface area contributed by atoms with E-state index in [0.29, 0.717) is 36.4 Å². The van der Waals surface area contributed by atoms with Gasteiger partial charge in [0.25, 0.3) is 0 Å². The molecule has 0 saturated heterocycles. The van der Waals surface area contributed by atoms with Crippen LogP contribution >= 0.6 is 11.3 Å². The van der Waals surface area contributed by atoms with Crippen molar-refractivity contribution < 1.29 is 14.3 Å². The van der Waals surface area contributed by atoms with Crippen molar-refractivity contribution in [3.63, 3.8) is 0 Å². The third kappa shape index (κ3) is 4.60. The Kier molecular flexibility index (Phi) is 6.00. The van der Waals surface area contributed by atoms with Gasteiger partial charge in [0.15, 0.2) is 5.13 Å². The maximum atomic E-state index is 12.3. The monoisotopic (exact) mass is 389 g/mol. The first-order valence-corrected chi connectivity index (χ1v) is 9.80. The number of carbonyl (C=O) groups excluding carboxylic acids is 2. The molecule has 0 unspecified atom stereocenters. The van der Waals surface area contributed by atoms with Crippen LogP contribution in [0, 0.1) is 5.92 Å². The van der Waals surface area contributed by atoms with E-state index in [1.165, 1.54) is 23.9 Å². The van der Waals surface area contributed by atoms with Gasteiger partial charge in [-0.15, -0.1) is 0 Å². The Balaban J connectivity index is 1.74. The van der Waals surface area contributed by atoms with E-state index in [1.54, 1.807) is 6.92 Å². The molecule has 1 aliphatic heterocycles. The van der Waals surface area contributed by atoms with Crippen molar-refractivity contribution in [3.8, 4) is 0 Å². The van der Waals surface area contributed by atoms with E-state index >= 15 is 0 Å². The van der Waals surface area contributed by atoms with Crippen LogP contribution in [0.2, 0.25) is 0 Å². The quantitative estimate of drug-likeness (QED) is 0.759. The first-order chi connectivity index (χ1) is 13.0. The number of nitrogens with zero attached hydrogens (tertiary/aromatic N) is 4. The predicted octanol–water partition coefficient (Wildman–Crippen LogP) is 2.78. The minimum atomic E-state index is -0.479. The topological polar surface area (TPSA) is 97.3 Å². The third-order valence-corrected chi connectivity index (χ3v) is 5.10. The summed E-state index contributed by atoms with van der Waals surface area (Å²) < 4.78 is 5.04. The van der Waals surface area contributed by atoms with Crippen molar-refractivity contribution in [3.05, 3.63) is 28.7 Å². The highest BCUT2D eigenvalue weighted by Crippen LogP contribution is 2.31. The molecule has 2 aromatic rings. The SMILES string of the molecule is CCOC(=O)c1cncnc1Nc1nc2c(s1)CN(C(=O)CC(C)C)CC2. The van der Waals surface area contributed by atoms with Gasteiger partial charge < -0.3 is 15.0 Å². The summed E-state index contributed by atoms with van der Waals surface area (Å²) in [6.45, 7) is 7.38. The summed E-state index contributed by atoms with van der Waals surface area (Å²) >= 11 is 1.48. The molecule has 0 aromatic carbocycles. The molecule has 0 atom stereocenters. The van der Waals surface area contributed by atoms with E-state index in [2.05, 4.69) is 20.3 Å². The van der Waals surface area contributed by atoms with Crippen molar-refractivity contribution in [1.82, 2.24) is 19.9 Å². The third-order valence-electron chi connectivity index (χ3n) is 4.10. The van der Waals surface area contributed by atoms with Crippen molar-refractivity contribution in [1.29, 1.82) is 0 Å². The molecular formula is C18H23N5O3S. The average molecular weight is 389 g/mol. The Labute approximate surface area is 162 Å². The number of aromatic nitrogens is 3. The highest BCUT2D eigenvalue weighted by molar-refractivity contribution is 7.15. The van der Waals surface area contributed by atoms with Gasteiger partial charge in [0.1, 0.15) is 17.7 Å². The van der Waals surface area contributed by atoms with Crippen molar-refractivity contribution in [2.24, 2.45) is 5.92 Å². The number of anilines is 2. The molecule has 1 N–H and O–H groups in total. The predicted molar refractivity (Wildman–Crippen MR) is 102 cm³/mol. The Hall–Kier alpha value is -2.55. The molecule has 0 radical (unpaired) electrons. The lowest BCUT2D eigenvalue weighted by atomic mass is 10.1. The number of nitrogens with one attached hydrogen (secondary N) is 1.